The fraction of sp³-hybridized carbons (Fsp3) is 0.346. The quantitative estimate of drug-likeness (QED) is 0.579. The van der Waals surface area contributed by atoms with Gasteiger partial charge in [0.05, 0.1) is 18.4 Å². The summed E-state index contributed by atoms with van der Waals surface area (Å²) in [6.45, 7) is 3.73. The van der Waals surface area contributed by atoms with Gasteiger partial charge < -0.3 is 19.1 Å². The second kappa shape index (κ2) is 9.19. The highest BCUT2D eigenvalue weighted by Gasteiger charge is 2.44. The monoisotopic (exact) mass is 445 g/mol. The Morgan fingerprint density at radius 2 is 1.85 bits per heavy atom. The van der Waals surface area contributed by atoms with Gasteiger partial charge in [0.25, 0.3) is 5.91 Å². The molecule has 1 atom stereocenters. The first-order valence-corrected chi connectivity index (χ1v) is 11.3. The highest BCUT2D eigenvalue weighted by molar-refractivity contribution is 5.96. The number of pyridine rings is 2. The summed E-state index contributed by atoms with van der Waals surface area (Å²) in [7, 11) is 0. The molecule has 1 spiro atoms. The molecule has 2 aromatic heterocycles. The minimum Gasteiger partial charge on any atom is -0.488 e. The van der Waals surface area contributed by atoms with E-state index in [1.165, 1.54) is 0 Å². The van der Waals surface area contributed by atoms with E-state index in [0.29, 0.717) is 36.9 Å². The highest BCUT2D eigenvalue weighted by atomic mass is 16.6. The van der Waals surface area contributed by atoms with E-state index in [1.54, 1.807) is 24.5 Å². The minimum absolute atomic E-state index is 0.0381. The number of aromatic nitrogens is 2. The lowest BCUT2D eigenvalue weighted by molar-refractivity contribution is -0.0396. The molecule has 0 saturated carbocycles. The van der Waals surface area contributed by atoms with Gasteiger partial charge in [-0.15, -0.1) is 0 Å². The Morgan fingerprint density at radius 1 is 1.03 bits per heavy atom. The molecule has 1 amide bonds. The Labute approximate surface area is 193 Å². The Bertz CT molecular complexity index is 1100. The number of hydrogen-bond acceptors (Lipinski definition) is 6. The second-order valence-electron chi connectivity index (χ2n) is 8.64. The van der Waals surface area contributed by atoms with Crippen molar-refractivity contribution < 1.29 is 19.0 Å². The van der Waals surface area contributed by atoms with Gasteiger partial charge in [0.1, 0.15) is 23.2 Å². The van der Waals surface area contributed by atoms with Gasteiger partial charge in [-0.25, -0.2) is 4.98 Å². The van der Waals surface area contributed by atoms with E-state index in [9.17, 15) is 4.79 Å². The van der Waals surface area contributed by atoms with Crippen LogP contribution < -0.4 is 9.47 Å². The van der Waals surface area contributed by atoms with Crippen molar-refractivity contribution in [3.63, 3.8) is 0 Å². The fourth-order valence-corrected chi connectivity index (χ4v) is 4.47. The summed E-state index contributed by atoms with van der Waals surface area (Å²) in [4.78, 5) is 23.7. The number of rotatable bonds is 5. The molecule has 4 heterocycles. The number of para-hydroxylation sites is 1. The summed E-state index contributed by atoms with van der Waals surface area (Å²) in [5, 5.41) is 0. The van der Waals surface area contributed by atoms with Crippen molar-refractivity contribution in [2.75, 3.05) is 19.7 Å². The average Bonchev–Trinajstić information content (AvgIpc) is 3.23. The Morgan fingerprint density at radius 3 is 2.61 bits per heavy atom. The molecule has 5 rings (SSSR count). The van der Waals surface area contributed by atoms with Gasteiger partial charge in [0.15, 0.2) is 0 Å². The maximum Gasteiger partial charge on any atom is 0.259 e. The van der Waals surface area contributed by atoms with Gasteiger partial charge >= 0.3 is 0 Å². The van der Waals surface area contributed by atoms with Crippen LogP contribution in [0, 0.1) is 6.92 Å². The van der Waals surface area contributed by atoms with Gasteiger partial charge in [-0.3, -0.25) is 9.78 Å². The van der Waals surface area contributed by atoms with E-state index in [2.05, 4.69) is 9.97 Å². The molecule has 0 bridgehead atoms. The van der Waals surface area contributed by atoms with Crippen LogP contribution in [-0.2, 0) is 4.74 Å². The van der Waals surface area contributed by atoms with Crippen LogP contribution in [-0.4, -0.2) is 52.2 Å². The maximum atomic E-state index is 13.3. The molecule has 33 heavy (non-hydrogen) atoms. The van der Waals surface area contributed by atoms with Crippen LogP contribution in [0.4, 0.5) is 0 Å². The average molecular weight is 446 g/mol. The molecular weight excluding hydrogens is 418 g/mol. The Balaban J connectivity index is 1.21. The molecule has 2 saturated heterocycles. The van der Waals surface area contributed by atoms with Gasteiger partial charge in [-0.1, -0.05) is 18.2 Å². The fourth-order valence-electron chi connectivity index (χ4n) is 4.47. The van der Waals surface area contributed by atoms with E-state index >= 15 is 0 Å². The molecule has 0 radical (unpaired) electrons. The van der Waals surface area contributed by atoms with Crippen LogP contribution in [0.5, 0.6) is 17.4 Å². The van der Waals surface area contributed by atoms with Crippen LogP contribution in [0.1, 0.15) is 35.3 Å². The summed E-state index contributed by atoms with van der Waals surface area (Å²) in [6, 6.07) is 17.0. The van der Waals surface area contributed by atoms with Crippen molar-refractivity contribution in [2.24, 2.45) is 0 Å². The van der Waals surface area contributed by atoms with Crippen molar-refractivity contribution in [3.05, 3.63) is 78.2 Å². The molecule has 0 aliphatic carbocycles. The van der Waals surface area contributed by atoms with Crippen LogP contribution in [0.15, 0.2) is 67.0 Å². The van der Waals surface area contributed by atoms with Crippen molar-refractivity contribution in [1.29, 1.82) is 0 Å². The van der Waals surface area contributed by atoms with E-state index in [-0.39, 0.29) is 17.6 Å². The molecule has 170 valence electrons. The summed E-state index contributed by atoms with van der Waals surface area (Å²) in [5.74, 6) is 1.63. The maximum absolute atomic E-state index is 13.3. The third-order valence-electron chi connectivity index (χ3n) is 6.28. The molecule has 7 nitrogen and oxygen atoms in total. The summed E-state index contributed by atoms with van der Waals surface area (Å²) in [5.41, 5.74) is 1.12. The minimum atomic E-state index is -0.224. The Kier molecular flexibility index (Phi) is 5.96. The van der Waals surface area contributed by atoms with Crippen molar-refractivity contribution >= 4 is 5.91 Å². The van der Waals surface area contributed by atoms with Crippen molar-refractivity contribution in [2.45, 2.75) is 37.9 Å². The molecule has 7 heteroatoms. The molecule has 2 fully saturated rings. The number of aryl methyl sites for hydroxylation is 1. The smallest absolute Gasteiger partial charge is 0.259 e. The second-order valence-corrected chi connectivity index (χ2v) is 8.64. The van der Waals surface area contributed by atoms with Crippen LogP contribution in [0.25, 0.3) is 0 Å². The number of amides is 1. The summed E-state index contributed by atoms with van der Waals surface area (Å²) < 4.78 is 18.2. The lowest BCUT2D eigenvalue weighted by Crippen LogP contribution is -2.46. The molecule has 0 unspecified atom stereocenters. The molecule has 2 aliphatic rings. The van der Waals surface area contributed by atoms with Crippen molar-refractivity contribution in [1.82, 2.24) is 14.9 Å². The standard InChI is InChI=1S/C26H27N3O4/c1-19-9-10-21(17-28-19)33-24-23(8-5-13-27-24)25(30)29-14-11-26(12-15-29)16-22(18-31-26)32-20-6-3-2-4-7-20/h2-10,13,17,22H,11-12,14-16,18H2,1H3/t22-/m0/s1. The van der Waals surface area contributed by atoms with Crippen LogP contribution in [0.3, 0.4) is 0 Å². The first-order chi connectivity index (χ1) is 16.1. The third kappa shape index (κ3) is 4.83. The molecule has 3 aromatic rings. The summed E-state index contributed by atoms with van der Waals surface area (Å²) >= 11 is 0. The van der Waals surface area contributed by atoms with Gasteiger partial charge in [0.2, 0.25) is 5.88 Å². The summed E-state index contributed by atoms with van der Waals surface area (Å²) in [6.07, 6.45) is 5.70. The lowest BCUT2D eigenvalue weighted by atomic mass is 9.87. The first-order valence-electron chi connectivity index (χ1n) is 11.3. The van der Waals surface area contributed by atoms with Gasteiger partial charge in [-0.2, -0.15) is 0 Å². The lowest BCUT2D eigenvalue weighted by Gasteiger charge is -2.38. The van der Waals surface area contributed by atoms with Crippen LogP contribution in [0.2, 0.25) is 0 Å². The zero-order chi connectivity index (χ0) is 22.7. The third-order valence-corrected chi connectivity index (χ3v) is 6.28. The van der Waals surface area contributed by atoms with E-state index in [0.717, 1.165) is 30.7 Å². The van der Waals surface area contributed by atoms with Gasteiger partial charge in [0, 0.05) is 31.4 Å². The SMILES string of the molecule is Cc1ccc(Oc2ncccc2C(=O)N2CCC3(CC2)C[C@H](Oc2ccccc2)CO3)cn1. The molecule has 1 aromatic carbocycles. The number of ether oxygens (including phenoxy) is 3. The first kappa shape index (κ1) is 21.4. The molecule has 2 aliphatic heterocycles. The van der Waals surface area contributed by atoms with E-state index in [1.807, 2.05) is 54.3 Å². The molecule has 0 N–H and O–H groups in total. The number of hydrogen-bond donors (Lipinski definition) is 0. The number of carbonyl (C=O) groups is 1. The Hall–Kier alpha value is -3.45. The van der Waals surface area contributed by atoms with E-state index < -0.39 is 0 Å². The zero-order valence-corrected chi connectivity index (χ0v) is 18.6. The number of benzene rings is 1. The van der Waals surface area contributed by atoms with Gasteiger partial charge in [-0.05, 0) is 56.2 Å². The van der Waals surface area contributed by atoms with Crippen LogP contribution >= 0.6 is 0 Å². The molecular formula is C26H27N3O4. The predicted octanol–water partition coefficient (Wildman–Crippen LogP) is 4.42. The van der Waals surface area contributed by atoms with E-state index in [4.69, 9.17) is 14.2 Å². The normalized spacial score (nSPS) is 19.4. The highest BCUT2D eigenvalue weighted by Crippen LogP contribution is 2.38. The number of likely N-dealkylation sites (tertiary alicyclic amines) is 1. The number of carbonyl (C=O) groups excluding carboxylic acids is 1. The number of piperidine rings is 1. The predicted molar refractivity (Wildman–Crippen MR) is 123 cm³/mol. The van der Waals surface area contributed by atoms with Crippen molar-refractivity contribution in [3.8, 4) is 17.4 Å². The largest absolute Gasteiger partial charge is 0.488 e. The number of nitrogens with zero attached hydrogens (tertiary/aromatic N) is 3. The topological polar surface area (TPSA) is 73.8 Å². The zero-order valence-electron chi connectivity index (χ0n) is 18.6.